The van der Waals surface area contributed by atoms with Crippen molar-refractivity contribution in [3.8, 4) is 0 Å². The van der Waals surface area contributed by atoms with Crippen molar-refractivity contribution in [2.45, 2.75) is 51.5 Å². The molecule has 0 bridgehead atoms. The van der Waals surface area contributed by atoms with Crippen LogP contribution in [0.5, 0.6) is 0 Å². The fourth-order valence-electron chi connectivity index (χ4n) is 2.40. The molecule has 1 fully saturated rings. The van der Waals surface area contributed by atoms with Crippen molar-refractivity contribution >= 4 is 22.5 Å². The number of aliphatic hydroxyl groups excluding tert-OH is 1. The molecule has 1 aromatic heterocycles. The molecule has 0 saturated carbocycles. The number of carbonyl (C=O) groups excluding carboxylic acids is 1. The number of piperidine rings is 1. The molecule has 7 heteroatoms. The molecule has 2 N–H and O–H groups in total. The van der Waals surface area contributed by atoms with Crippen molar-refractivity contribution < 1.29 is 9.90 Å². The van der Waals surface area contributed by atoms with Gasteiger partial charge in [-0.1, -0.05) is 25.2 Å². The monoisotopic (exact) mass is 298 g/mol. The van der Waals surface area contributed by atoms with Gasteiger partial charge >= 0.3 is 6.03 Å². The van der Waals surface area contributed by atoms with E-state index in [-0.39, 0.29) is 18.7 Å². The molecule has 0 radical (unpaired) electrons. The number of hydrogen-bond donors (Lipinski definition) is 2. The van der Waals surface area contributed by atoms with E-state index in [4.69, 9.17) is 5.11 Å². The molecule has 2 amide bonds. The van der Waals surface area contributed by atoms with Crippen molar-refractivity contribution in [1.82, 2.24) is 15.1 Å². The number of likely N-dealkylation sites (tertiary alicyclic amines) is 1. The van der Waals surface area contributed by atoms with Gasteiger partial charge in [0.2, 0.25) is 5.13 Å². The van der Waals surface area contributed by atoms with Gasteiger partial charge in [0.05, 0.1) is 0 Å². The van der Waals surface area contributed by atoms with Crippen LogP contribution in [0.1, 0.15) is 50.5 Å². The number of aromatic nitrogens is 2. The van der Waals surface area contributed by atoms with Crippen LogP contribution >= 0.6 is 11.3 Å². The van der Waals surface area contributed by atoms with Crippen molar-refractivity contribution in [2.24, 2.45) is 0 Å². The summed E-state index contributed by atoms with van der Waals surface area (Å²) in [6.45, 7) is 4.96. The number of urea groups is 1. The lowest BCUT2D eigenvalue weighted by Crippen LogP contribution is -2.46. The van der Waals surface area contributed by atoms with E-state index in [9.17, 15) is 4.79 Å². The van der Waals surface area contributed by atoms with E-state index in [1.54, 1.807) is 0 Å². The summed E-state index contributed by atoms with van der Waals surface area (Å²) in [5.74, 6) is 0.315. The van der Waals surface area contributed by atoms with Gasteiger partial charge in [-0.25, -0.2) is 4.79 Å². The van der Waals surface area contributed by atoms with Crippen LogP contribution in [-0.4, -0.2) is 45.4 Å². The number of aliphatic hydroxyl groups is 1. The van der Waals surface area contributed by atoms with Crippen molar-refractivity contribution in [3.63, 3.8) is 0 Å². The predicted molar refractivity (Wildman–Crippen MR) is 79.1 cm³/mol. The largest absolute Gasteiger partial charge is 0.396 e. The first kappa shape index (κ1) is 15.2. The zero-order valence-corrected chi connectivity index (χ0v) is 12.8. The van der Waals surface area contributed by atoms with Gasteiger partial charge < -0.3 is 10.0 Å². The highest BCUT2D eigenvalue weighted by molar-refractivity contribution is 7.15. The third kappa shape index (κ3) is 3.67. The molecular formula is C13H22N4O2S. The second-order valence-electron chi connectivity index (χ2n) is 5.39. The molecule has 0 aromatic carbocycles. The lowest BCUT2D eigenvalue weighted by atomic mass is 10.0. The predicted octanol–water partition coefficient (Wildman–Crippen LogP) is 2.43. The Labute approximate surface area is 123 Å². The fourth-order valence-corrected chi connectivity index (χ4v) is 3.13. The Bertz CT molecular complexity index is 447. The van der Waals surface area contributed by atoms with Crippen LogP contribution in [-0.2, 0) is 0 Å². The number of carbonyl (C=O) groups is 1. The maximum atomic E-state index is 12.3. The summed E-state index contributed by atoms with van der Waals surface area (Å²) in [5, 5.41) is 21.5. The van der Waals surface area contributed by atoms with Gasteiger partial charge in [-0.2, -0.15) is 0 Å². The van der Waals surface area contributed by atoms with E-state index in [2.05, 4.69) is 15.5 Å². The van der Waals surface area contributed by atoms with Crippen molar-refractivity contribution in [3.05, 3.63) is 5.01 Å². The second kappa shape index (κ2) is 6.99. The summed E-state index contributed by atoms with van der Waals surface area (Å²) in [6.07, 6.45) is 3.73. The first-order chi connectivity index (χ1) is 9.61. The summed E-state index contributed by atoms with van der Waals surface area (Å²) >= 11 is 1.42. The Morgan fingerprint density at radius 2 is 2.30 bits per heavy atom. The Kier molecular flexibility index (Phi) is 5.31. The molecule has 1 atom stereocenters. The number of amides is 2. The first-order valence-corrected chi connectivity index (χ1v) is 7.95. The summed E-state index contributed by atoms with van der Waals surface area (Å²) in [4.78, 5) is 14.1. The molecule has 1 unspecified atom stereocenters. The SMILES string of the molecule is CC(C)c1nnc(NC(=O)N2CCCCC2CCO)s1. The Hall–Kier alpha value is -1.21. The molecule has 1 aromatic rings. The topological polar surface area (TPSA) is 78.4 Å². The average molecular weight is 298 g/mol. The molecule has 112 valence electrons. The minimum absolute atomic E-state index is 0.116. The van der Waals surface area contributed by atoms with Crippen LogP contribution in [0, 0.1) is 0 Å². The van der Waals surface area contributed by atoms with Crippen LogP contribution in [0.3, 0.4) is 0 Å². The standard InChI is InChI=1S/C13H22N4O2S/c1-9(2)11-15-16-12(20-11)14-13(19)17-7-4-3-5-10(17)6-8-18/h9-10,18H,3-8H2,1-2H3,(H,14,16,19). The van der Waals surface area contributed by atoms with E-state index in [1.165, 1.54) is 11.3 Å². The molecule has 1 aliphatic heterocycles. The molecular weight excluding hydrogens is 276 g/mol. The number of nitrogens with zero attached hydrogens (tertiary/aromatic N) is 3. The molecule has 1 aliphatic rings. The van der Waals surface area contributed by atoms with E-state index in [1.807, 2.05) is 18.7 Å². The summed E-state index contributed by atoms with van der Waals surface area (Å²) in [5.41, 5.74) is 0. The average Bonchev–Trinajstić information content (AvgIpc) is 2.88. The molecule has 1 saturated heterocycles. The van der Waals surface area contributed by atoms with Crippen LogP contribution in [0.2, 0.25) is 0 Å². The highest BCUT2D eigenvalue weighted by atomic mass is 32.1. The van der Waals surface area contributed by atoms with Gasteiger partial charge in [-0.15, -0.1) is 10.2 Å². The van der Waals surface area contributed by atoms with E-state index < -0.39 is 0 Å². The Balaban J connectivity index is 1.98. The normalized spacial score (nSPS) is 19.4. The molecule has 0 aliphatic carbocycles. The molecule has 2 rings (SSSR count). The number of anilines is 1. The zero-order valence-electron chi connectivity index (χ0n) is 12.0. The zero-order chi connectivity index (χ0) is 14.5. The summed E-state index contributed by atoms with van der Waals surface area (Å²) in [6, 6.07) is 0.000784. The first-order valence-electron chi connectivity index (χ1n) is 7.13. The Morgan fingerprint density at radius 1 is 1.50 bits per heavy atom. The number of hydrogen-bond acceptors (Lipinski definition) is 5. The summed E-state index contributed by atoms with van der Waals surface area (Å²) in [7, 11) is 0. The maximum Gasteiger partial charge on any atom is 0.323 e. The van der Waals surface area contributed by atoms with Crippen LogP contribution < -0.4 is 5.32 Å². The van der Waals surface area contributed by atoms with Gasteiger partial charge in [0.1, 0.15) is 5.01 Å². The third-order valence-corrected chi connectivity index (χ3v) is 4.64. The van der Waals surface area contributed by atoms with Gasteiger partial charge in [-0.05, 0) is 25.7 Å². The van der Waals surface area contributed by atoms with Crippen molar-refractivity contribution in [2.75, 3.05) is 18.5 Å². The lowest BCUT2D eigenvalue weighted by molar-refractivity contribution is 0.141. The quantitative estimate of drug-likeness (QED) is 0.895. The number of nitrogens with one attached hydrogen (secondary N) is 1. The summed E-state index contributed by atoms with van der Waals surface area (Å²) < 4.78 is 0. The van der Waals surface area contributed by atoms with Gasteiger partial charge in [0.25, 0.3) is 0 Å². The van der Waals surface area contributed by atoms with Crippen LogP contribution in [0.25, 0.3) is 0 Å². The van der Waals surface area contributed by atoms with Gasteiger partial charge in [-0.3, -0.25) is 5.32 Å². The third-order valence-electron chi connectivity index (χ3n) is 3.50. The molecule has 2 heterocycles. The van der Waals surface area contributed by atoms with Gasteiger partial charge in [0.15, 0.2) is 0 Å². The van der Waals surface area contributed by atoms with E-state index >= 15 is 0 Å². The number of rotatable bonds is 4. The van der Waals surface area contributed by atoms with Crippen LogP contribution in [0.4, 0.5) is 9.93 Å². The molecule has 0 spiro atoms. The lowest BCUT2D eigenvalue weighted by Gasteiger charge is -2.35. The Morgan fingerprint density at radius 3 is 2.95 bits per heavy atom. The highest BCUT2D eigenvalue weighted by Crippen LogP contribution is 2.24. The molecule has 6 nitrogen and oxygen atoms in total. The van der Waals surface area contributed by atoms with E-state index in [0.717, 1.165) is 30.8 Å². The smallest absolute Gasteiger partial charge is 0.323 e. The minimum Gasteiger partial charge on any atom is -0.396 e. The van der Waals surface area contributed by atoms with Gasteiger partial charge in [0, 0.05) is 25.1 Å². The van der Waals surface area contributed by atoms with Crippen LogP contribution in [0.15, 0.2) is 0 Å². The molecule has 20 heavy (non-hydrogen) atoms. The maximum absolute atomic E-state index is 12.3. The minimum atomic E-state index is -0.130. The highest BCUT2D eigenvalue weighted by Gasteiger charge is 2.26. The van der Waals surface area contributed by atoms with Crippen molar-refractivity contribution in [1.29, 1.82) is 0 Å². The fraction of sp³-hybridized carbons (Fsp3) is 0.769. The van der Waals surface area contributed by atoms with E-state index in [0.29, 0.717) is 17.5 Å². The second-order valence-corrected chi connectivity index (χ2v) is 6.39.